The van der Waals surface area contributed by atoms with Crippen LogP contribution in [0, 0.1) is 0 Å². The van der Waals surface area contributed by atoms with Gasteiger partial charge in [0.05, 0.1) is 51.3 Å². The Balaban J connectivity index is 1.44. The molecule has 3 rings (SSSR count). The second-order valence-electron chi connectivity index (χ2n) is 8.00. The highest BCUT2D eigenvalue weighted by Gasteiger charge is 2.33. The number of hydroxylamine groups is 1. The van der Waals surface area contributed by atoms with E-state index in [9.17, 15) is 9.59 Å². The van der Waals surface area contributed by atoms with Crippen molar-refractivity contribution in [2.24, 2.45) is 0 Å². The Morgan fingerprint density at radius 1 is 0.914 bits per heavy atom. The van der Waals surface area contributed by atoms with E-state index < -0.39 is 12.0 Å². The average Bonchev–Trinajstić information content (AvgIpc) is 3.38. The largest absolute Gasteiger partial charge is 0.382 e. The van der Waals surface area contributed by atoms with Crippen molar-refractivity contribution in [2.75, 3.05) is 59.8 Å². The third-order valence-corrected chi connectivity index (χ3v) is 5.50. The third kappa shape index (κ3) is 9.04. The van der Waals surface area contributed by atoms with Gasteiger partial charge in [0.15, 0.2) is 0 Å². The molecule has 0 unspecified atom stereocenters. The maximum atomic E-state index is 13.3. The van der Waals surface area contributed by atoms with Crippen LogP contribution in [0.5, 0.6) is 0 Å². The summed E-state index contributed by atoms with van der Waals surface area (Å²) in [7, 11) is 1.63. The summed E-state index contributed by atoms with van der Waals surface area (Å²) in [4.78, 5) is 32.7. The van der Waals surface area contributed by atoms with Crippen LogP contribution in [-0.4, -0.2) is 82.7 Å². The van der Waals surface area contributed by atoms with Gasteiger partial charge in [0.25, 0.3) is 0 Å². The maximum Gasteiger partial charge on any atom is 0.356 e. The van der Waals surface area contributed by atoms with Gasteiger partial charge in [-0.1, -0.05) is 48.5 Å². The van der Waals surface area contributed by atoms with E-state index in [4.69, 9.17) is 23.8 Å². The van der Waals surface area contributed by atoms with Crippen molar-refractivity contribution in [2.45, 2.75) is 18.6 Å². The number of amides is 1. The maximum absolute atomic E-state index is 13.3. The number of hydrogen-bond acceptors (Lipinski definition) is 8. The summed E-state index contributed by atoms with van der Waals surface area (Å²) in [5, 5.41) is 0. The first-order valence-corrected chi connectivity index (χ1v) is 11.8. The molecule has 35 heavy (non-hydrogen) atoms. The molecular formula is C26H34N2O7. The van der Waals surface area contributed by atoms with Gasteiger partial charge in [-0.25, -0.2) is 4.79 Å². The molecule has 9 heteroatoms. The fourth-order valence-corrected chi connectivity index (χ4v) is 3.64. The molecule has 9 nitrogen and oxygen atoms in total. The molecule has 0 spiro atoms. The Morgan fingerprint density at radius 3 is 2.23 bits per heavy atom. The number of hydrogen-bond donors (Lipinski definition) is 1. The summed E-state index contributed by atoms with van der Waals surface area (Å²) in [6, 6.07) is 17.0. The molecule has 0 aromatic heterocycles. The Labute approximate surface area is 206 Å². The van der Waals surface area contributed by atoms with Gasteiger partial charge >= 0.3 is 5.97 Å². The van der Waals surface area contributed by atoms with Gasteiger partial charge in [0.1, 0.15) is 6.04 Å². The fourth-order valence-electron chi connectivity index (χ4n) is 3.64. The lowest BCUT2D eigenvalue weighted by molar-refractivity contribution is -0.136. The van der Waals surface area contributed by atoms with Crippen molar-refractivity contribution in [1.29, 1.82) is 0 Å². The van der Waals surface area contributed by atoms with Gasteiger partial charge in [-0.3, -0.25) is 4.79 Å². The molecule has 2 aromatic rings. The van der Waals surface area contributed by atoms with Crippen LogP contribution in [0.25, 0.3) is 0 Å². The first kappa shape index (κ1) is 26.8. The van der Waals surface area contributed by atoms with Crippen LogP contribution in [-0.2, 0) is 28.6 Å². The summed E-state index contributed by atoms with van der Waals surface area (Å²) in [6.45, 7) is 4.06. The molecule has 1 saturated heterocycles. The molecule has 0 radical (unpaired) electrons. The van der Waals surface area contributed by atoms with Gasteiger partial charge < -0.3 is 28.7 Å². The molecule has 1 amide bonds. The molecule has 2 aromatic carbocycles. The number of benzene rings is 2. The number of rotatable bonds is 15. The lowest BCUT2D eigenvalue weighted by Gasteiger charge is -2.24. The Hall–Kier alpha value is -2.82. The smallest absolute Gasteiger partial charge is 0.356 e. The van der Waals surface area contributed by atoms with Crippen molar-refractivity contribution in [1.82, 2.24) is 10.4 Å². The monoisotopic (exact) mass is 486 g/mol. The molecule has 1 fully saturated rings. The van der Waals surface area contributed by atoms with E-state index in [0.29, 0.717) is 63.9 Å². The minimum Gasteiger partial charge on any atom is -0.382 e. The van der Waals surface area contributed by atoms with Crippen LogP contribution in [0.4, 0.5) is 0 Å². The minimum absolute atomic E-state index is 0.0659. The predicted octanol–water partition coefficient (Wildman–Crippen LogP) is 2.39. The average molecular weight is 487 g/mol. The zero-order valence-corrected chi connectivity index (χ0v) is 20.1. The number of carbonyl (C=O) groups is 2. The number of nitrogens with one attached hydrogen (secondary N) is 1. The number of ether oxygens (including phenoxy) is 4. The zero-order chi connectivity index (χ0) is 24.7. The minimum atomic E-state index is -0.816. The van der Waals surface area contributed by atoms with Crippen LogP contribution >= 0.6 is 0 Å². The quantitative estimate of drug-likeness (QED) is 0.303. The molecule has 0 aliphatic carbocycles. The molecule has 1 aliphatic rings. The van der Waals surface area contributed by atoms with Crippen molar-refractivity contribution in [3.8, 4) is 0 Å². The SMILES string of the molecule is COCCOCCOCCO[C@H]1CCN(C(=O)[C@@H](NOC(=O)c2ccccc2)c2ccccc2)C1. The van der Waals surface area contributed by atoms with Crippen molar-refractivity contribution in [3.05, 3.63) is 71.8 Å². The summed E-state index contributed by atoms with van der Waals surface area (Å²) in [5.41, 5.74) is 3.80. The third-order valence-electron chi connectivity index (χ3n) is 5.50. The summed E-state index contributed by atoms with van der Waals surface area (Å²) in [6.07, 6.45) is 0.667. The molecule has 1 N–H and O–H groups in total. The summed E-state index contributed by atoms with van der Waals surface area (Å²) in [5.74, 6) is -0.723. The van der Waals surface area contributed by atoms with Crippen LogP contribution in [0.3, 0.4) is 0 Å². The van der Waals surface area contributed by atoms with E-state index >= 15 is 0 Å². The lowest BCUT2D eigenvalue weighted by Crippen LogP contribution is -2.41. The Morgan fingerprint density at radius 2 is 1.54 bits per heavy atom. The van der Waals surface area contributed by atoms with Gasteiger partial charge in [-0.05, 0) is 24.1 Å². The molecular weight excluding hydrogens is 452 g/mol. The molecule has 1 heterocycles. The fraction of sp³-hybridized carbons (Fsp3) is 0.462. The Bertz CT molecular complexity index is 882. The van der Waals surface area contributed by atoms with Gasteiger partial charge in [0.2, 0.25) is 5.91 Å². The Kier molecular flexibility index (Phi) is 11.7. The normalized spacial score (nSPS) is 16.3. The topological polar surface area (TPSA) is 95.6 Å². The van der Waals surface area contributed by atoms with E-state index in [1.54, 1.807) is 36.3 Å². The van der Waals surface area contributed by atoms with Gasteiger partial charge in [0, 0.05) is 20.2 Å². The molecule has 190 valence electrons. The van der Waals surface area contributed by atoms with Crippen LogP contribution < -0.4 is 5.48 Å². The first-order chi connectivity index (χ1) is 17.2. The van der Waals surface area contributed by atoms with Crippen molar-refractivity contribution in [3.63, 3.8) is 0 Å². The van der Waals surface area contributed by atoms with Gasteiger partial charge in [-0.2, -0.15) is 0 Å². The van der Waals surface area contributed by atoms with E-state index in [-0.39, 0.29) is 12.0 Å². The van der Waals surface area contributed by atoms with Gasteiger partial charge in [-0.15, -0.1) is 5.48 Å². The number of carbonyl (C=O) groups excluding carboxylic acids is 2. The van der Waals surface area contributed by atoms with Crippen molar-refractivity contribution >= 4 is 11.9 Å². The zero-order valence-electron chi connectivity index (χ0n) is 20.1. The van der Waals surface area contributed by atoms with Crippen LogP contribution in [0.2, 0.25) is 0 Å². The van der Waals surface area contributed by atoms with E-state index in [2.05, 4.69) is 5.48 Å². The number of nitrogens with zero attached hydrogens (tertiary/aromatic N) is 1. The first-order valence-electron chi connectivity index (χ1n) is 11.8. The number of methoxy groups -OCH3 is 1. The molecule has 2 atom stereocenters. The summed E-state index contributed by atoms with van der Waals surface area (Å²) < 4.78 is 21.6. The molecule has 0 bridgehead atoms. The predicted molar refractivity (Wildman–Crippen MR) is 129 cm³/mol. The van der Waals surface area contributed by atoms with Crippen LogP contribution in [0.1, 0.15) is 28.4 Å². The summed E-state index contributed by atoms with van der Waals surface area (Å²) >= 11 is 0. The molecule has 0 saturated carbocycles. The molecule has 1 aliphatic heterocycles. The van der Waals surface area contributed by atoms with E-state index in [0.717, 1.165) is 6.42 Å². The second kappa shape index (κ2) is 15.2. The highest BCUT2D eigenvalue weighted by atomic mass is 16.7. The number of likely N-dealkylation sites (tertiary alicyclic amines) is 1. The van der Waals surface area contributed by atoms with E-state index in [1.165, 1.54) is 0 Å². The second-order valence-corrected chi connectivity index (χ2v) is 8.00. The highest BCUT2D eigenvalue weighted by molar-refractivity contribution is 5.89. The van der Waals surface area contributed by atoms with Crippen LogP contribution in [0.15, 0.2) is 60.7 Å². The standard InChI is InChI=1S/C26H34N2O7/c1-31-14-15-32-16-17-33-18-19-34-23-12-13-28(20-23)25(29)24(21-8-4-2-5-9-21)27-35-26(30)22-10-6-3-7-11-22/h2-11,23-24,27H,12-20H2,1H3/t23-,24-/m0/s1. The lowest BCUT2D eigenvalue weighted by atomic mass is 10.1. The highest BCUT2D eigenvalue weighted by Crippen LogP contribution is 2.21. The van der Waals surface area contributed by atoms with Crippen molar-refractivity contribution < 1.29 is 33.4 Å². The van der Waals surface area contributed by atoms with E-state index in [1.807, 2.05) is 36.4 Å².